The van der Waals surface area contributed by atoms with Gasteiger partial charge in [0.15, 0.2) is 5.96 Å². The van der Waals surface area contributed by atoms with Gasteiger partial charge in [0.1, 0.15) is 22.9 Å². The van der Waals surface area contributed by atoms with Crippen molar-refractivity contribution >= 4 is 35.9 Å². The van der Waals surface area contributed by atoms with Crippen molar-refractivity contribution in [3.63, 3.8) is 0 Å². The summed E-state index contributed by atoms with van der Waals surface area (Å²) in [5.74, 6) is 0.947. The fourth-order valence-corrected chi connectivity index (χ4v) is 2.48. The monoisotopic (exact) mass is 489 g/mol. The molecule has 0 amide bonds. The molecule has 0 fully saturated rings. The molecule has 1 heterocycles. The standard InChI is InChI=1S/C19H24FN3O3.HI/c1-11-6-7-14(8-17(11)20)12(2)23-19(21-4)22-10-15-9-16(13(3)26-15)18(24)25-5;/h6-9,12H,10H2,1-5H3,(H2,21,22,23);1H. The Morgan fingerprint density at radius 2 is 2.04 bits per heavy atom. The maximum Gasteiger partial charge on any atom is 0.341 e. The zero-order valence-corrected chi connectivity index (χ0v) is 18.4. The summed E-state index contributed by atoms with van der Waals surface area (Å²) >= 11 is 0. The van der Waals surface area contributed by atoms with Crippen LogP contribution in [0.15, 0.2) is 33.7 Å². The Labute approximate surface area is 175 Å². The highest BCUT2D eigenvalue weighted by Gasteiger charge is 2.16. The largest absolute Gasteiger partial charge is 0.465 e. The summed E-state index contributed by atoms with van der Waals surface area (Å²) in [5, 5.41) is 6.30. The van der Waals surface area contributed by atoms with Crippen LogP contribution in [0.4, 0.5) is 4.39 Å². The topological polar surface area (TPSA) is 75.9 Å². The molecule has 8 heteroatoms. The van der Waals surface area contributed by atoms with E-state index in [1.165, 1.54) is 13.2 Å². The Kier molecular flexibility index (Phi) is 8.74. The molecule has 0 spiro atoms. The lowest BCUT2D eigenvalue weighted by atomic mass is 10.1. The van der Waals surface area contributed by atoms with Crippen molar-refractivity contribution in [1.29, 1.82) is 0 Å². The summed E-state index contributed by atoms with van der Waals surface area (Å²) in [6.07, 6.45) is 0. The fraction of sp³-hybridized carbons (Fsp3) is 0.368. The number of esters is 1. The minimum atomic E-state index is -0.435. The fourth-order valence-electron chi connectivity index (χ4n) is 2.48. The van der Waals surface area contributed by atoms with Crippen LogP contribution in [0.1, 0.15) is 46.0 Å². The predicted octanol–water partition coefficient (Wildman–Crippen LogP) is 3.87. The quantitative estimate of drug-likeness (QED) is 0.289. The molecule has 1 aromatic heterocycles. The zero-order chi connectivity index (χ0) is 19.3. The van der Waals surface area contributed by atoms with Crippen molar-refractivity contribution in [3.8, 4) is 0 Å². The first-order chi connectivity index (χ1) is 12.3. The van der Waals surface area contributed by atoms with E-state index in [0.29, 0.717) is 35.2 Å². The minimum Gasteiger partial charge on any atom is -0.465 e. The number of aliphatic imine (C=N–C) groups is 1. The molecule has 1 atom stereocenters. The molecule has 0 radical (unpaired) electrons. The molecular weight excluding hydrogens is 464 g/mol. The minimum absolute atomic E-state index is 0. The van der Waals surface area contributed by atoms with E-state index in [-0.39, 0.29) is 35.8 Å². The third-order valence-corrected chi connectivity index (χ3v) is 4.08. The Hall–Kier alpha value is -2.10. The van der Waals surface area contributed by atoms with Gasteiger partial charge in [0.25, 0.3) is 0 Å². The van der Waals surface area contributed by atoms with Crippen LogP contribution in [0.3, 0.4) is 0 Å². The van der Waals surface area contributed by atoms with Gasteiger partial charge in [-0.1, -0.05) is 12.1 Å². The van der Waals surface area contributed by atoms with Crippen LogP contribution >= 0.6 is 24.0 Å². The second-order valence-corrected chi connectivity index (χ2v) is 5.97. The molecule has 2 rings (SSSR count). The first-order valence-electron chi connectivity index (χ1n) is 8.26. The normalized spacial score (nSPS) is 12.1. The summed E-state index contributed by atoms with van der Waals surface area (Å²) in [4.78, 5) is 15.8. The van der Waals surface area contributed by atoms with Crippen LogP contribution in [0.5, 0.6) is 0 Å². The molecule has 2 N–H and O–H groups in total. The highest BCUT2D eigenvalue weighted by molar-refractivity contribution is 14.0. The lowest BCUT2D eigenvalue weighted by Gasteiger charge is -2.18. The van der Waals surface area contributed by atoms with Crippen LogP contribution in [0.2, 0.25) is 0 Å². The maximum absolute atomic E-state index is 13.7. The van der Waals surface area contributed by atoms with Crippen molar-refractivity contribution in [2.45, 2.75) is 33.4 Å². The van der Waals surface area contributed by atoms with Gasteiger partial charge in [-0.2, -0.15) is 0 Å². The number of carbonyl (C=O) groups is 1. The number of nitrogens with one attached hydrogen (secondary N) is 2. The Morgan fingerprint density at radius 1 is 1.33 bits per heavy atom. The average Bonchev–Trinajstić information content (AvgIpc) is 3.00. The van der Waals surface area contributed by atoms with Gasteiger partial charge in [-0.05, 0) is 44.0 Å². The third-order valence-electron chi connectivity index (χ3n) is 4.08. The maximum atomic E-state index is 13.7. The van der Waals surface area contributed by atoms with Crippen molar-refractivity contribution in [1.82, 2.24) is 10.6 Å². The summed E-state index contributed by atoms with van der Waals surface area (Å²) in [6.45, 7) is 5.69. The molecule has 27 heavy (non-hydrogen) atoms. The van der Waals surface area contributed by atoms with Gasteiger partial charge in [0.2, 0.25) is 0 Å². The van der Waals surface area contributed by atoms with Crippen LogP contribution in [-0.4, -0.2) is 26.1 Å². The van der Waals surface area contributed by atoms with E-state index in [1.807, 2.05) is 13.0 Å². The van der Waals surface area contributed by atoms with Gasteiger partial charge in [-0.3, -0.25) is 4.99 Å². The van der Waals surface area contributed by atoms with Crippen LogP contribution in [0.25, 0.3) is 0 Å². The van der Waals surface area contributed by atoms with E-state index in [4.69, 9.17) is 9.15 Å². The summed E-state index contributed by atoms with van der Waals surface area (Å²) < 4.78 is 24.0. The number of nitrogens with zero attached hydrogens (tertiary/aromatic N) is 1. The molecule has 0 aliphatic carbocycles. The number of aryl methyl sites for hydroxylation is 2. The van der Waals surface area contributed by atoms with Crippen LogP contribution in [0, 0.1) is 19.7 Å². The average molecular weight is 489 g/mol. The second kappa shape index (κ2) is 10.3. The first-order valence-corrected chi connectivity index (χ1v) is 8.26. The number of benzene rings is 1. The molecule has 6 nitrogen and oxygen atoms in total. The summed E-state index contributed by atoms with van der Waals surface area (Å²) in [6, 6.07) is 6.64. The molecule has 2 aromatic rings. The van der Waals surface area contributed by atoms with E-state index >= 15 is 0 Å². The van der Waals surface area contributed by atoms with Gasteiger partial charge < -0.3 is 19.8 Å². The van der Waals surface area contributed by atoms with Crippen LogP contribution in [-0.2, 0) is 11.3 Å². The molecule has 0 bridgehead atoms. The Morgan fingerprint density at radius 3 is 2.63 bits per heavy atom. The molecule has 0 saturated heterocycles. The van der Waals surface area contributed by atoms with Crippen molar-refractivity contribution < 1.29 is 18.3 Å². The molecule has 1 unspecified atom stereocenters. The number of hydrogen-bond donors (Lipinski definition) is 2. The number of furan rings is 1. The highest BCUT2D eigenvalue weighted by atomic mass is 127. The zero-order valence-electron chi connectivity index (χ0n) is 16.1. The Bertz CT molecular complexity index is 821. The number of carbonyl (C=O) groups excluding carboxylic acids is 1. The number of ether oxygens (including phenoxy) is 1. The molecule has 1 aromatic carbocycles. The van der Waals surface area contributed by atoms with E-state index in [0.717, 1.165) is 5.56 Å². The number of halogens is 2. The summed E-state index contributed by atoms with van der Waals surface area (Å²) in [5.41, 5.74) is 1.83. The van der Waals surface area contributed by atoms with Crippen LogP contribution < -0.4 is 10.6 Å². The third kappa shape index (κ3) is 5.95. The molecule has 148 valence electrons. The van der Waals surface area contributed by atoms with Crippen molar-refractivity contribution in [2.75, 3.05) is 14.2 Å². The molecule has 0 saturated carbocycles. The SMILES string of the molecule is CN=C(NCc1cc(C(=O)OC)c(C)o1)NC(C)c1ccc(C)c(F)c1.I. The van der Waals surface area contributed by atoms with Gasteiger partial charge in [0, 0.05) is 7.05 Å². The van der Waals surface area contributed by atoms with Gasteiger partial charge >= 0.3 is 5.97 Å². The Balaban J connectivity index is 0.00000364. The van der Waals surface area contributed by atoms with E-state index in [1.54, 1.807) is 33.0 Å². The predicted molar refractivity (Wildman–Crippen MR) is 113 cm³/mol. The van der Waals surface area contributed by atoms with Gasteiger partial charge in [-0.25, -0.2) is 9.18 Å². The van der Waals surface area contributed by atoms with E-state index in [9.17, 15) is 9.18 Å². The first kappa shape index (κ1) is 22.9. The number of hydrogen-bond acceptors (Lipinski definition) is 4. The van der Waals surface area contributed by atoms with E-state index in [2.05, 4.69) is 15.6 Å². The lowest BCUT2D eigenvalue weighted by molar-refractivity contribution is 0.0599. The highest BCUT2D eigenvalue weighted by Crippen LogP contribution is 2.17. The van der Waals surface area contributed by atoms with Gasteiger partial charge in [-0.15, -0.1) is 24.0 Å². The summed E-state index contributed by atoms with van der Waals surface area (Å²) in [7, 11) is 2.97. The molecular formula is C19H25FIN3O3. The van der Waals surface area contributed by atoms with Crippen molar-refractivity contribution in [2.24, 2.45) is 4.99 Å². The lowest BCUT2D eigenvalue weighted by Crippen LogP contribution is -2.38. The second-order valence-electron chi connectivity index (χ2n) is 5.97. The van der Waals surface area contributed by atoms with Crippen molar-refractivity contribution in [3.05, 3.63) is 58.3 Å². The number of guanidine groups is 1. The smallest absolute Gasteiger partial charge is 0.341 e. The molecule has 0 aliphatic heterocycles. The van der Waals surface area contributed by atoms with E-state index < -0.39 is 5.97 Å². The molecule has 0 aliphatic rings. The number of methoxy groups -OCH3 is 1. The van der Waals surface area contributed by atoms with Gasteiger partial charge in [0.05, 0.1) is 19.7 Å². The number of rotatable bonds is 5.